The molecule has 0 radical (unpaired) electrons. The van der Waals surface area contributed by atoms with Crippen molar-refractivity contribution in [3.63, 3.8) is 0 Å². The van der Waals surface area contributed by atoms with Gasteiger partial charge < -0.3 is 14.1 Å². The molecule has 0 saturated carbocycles. The molecule has 0 unspecified atom stereocenters. The van der Waals surface area contributed by atoms with Crippen molar-refractivity contribution in [2.45, 2.75) is 0 Å². The molecule has 0 bridgehead atoms. The lowest BCUT2D eigenvalue weighted by atomic mass is 9.90. The van der Waals surface area contributed by atoms with Gasteiger partial charge >= 0.3 is 0 Å². The Morgan fingerprint density at radius 1 is 0.347 bits per heavy atom. The number of ether oxygens (including phenoxy) is 1. The van der Waals surface area contributed by atoms with E-state index in [1.807, 2.05) is 12.1 Å². The summed E-state index contributed by atoms with van der Waals surface area (Å²) in [5.41, 5.74) is 11.8. The van der Waals surface area contributed by atoms with Gasteiger partial charge in [0.05, 0.1) is 0 Å². The average Bonchev–Trinajstić information content (AvgIpc) is 3.54. The van der Waals surface area contributed by atoms with Gasteiger partial charge in [-0.15, -0.1) is 0 Å². The molecule has 0 N–H and O–H groups in total. The largest absolute Gasteiger partial charge is 0.456 e. The molecule has 2 heterocycles. The van der Waals surface area contributed by atoms with Crippen molar-refractivity contribution in [1.82, 2.24) is 0 Å². The molecule has 0 spiro atoms. The smallest absolute Gasteiger partial charge is 0.137 e. The zero-order valence-corrected chi connectivity index (χ0v) is 26.5. The van der Waals surface area contributed by atoms with E-state index in [0.717, 1.165) is 67.0 Å². The van der Waals surface area contributed by atoms with E-state index in [0.29, 0.717) is 0 Å². The summed E-state index contributed by atoms with van der Waals surface area (Å²) in [5, 5.41) is 4.55. The monoisotopic (exact) mass is 627 g/mol. The molecule has 3 heteroatoms. The van der Waals surface area contributed by atoms with Crippen LogP contribution >= 0.6 is 0 Å². The van der Waals surface area contributed by atoms with Crippen molar-refractivity contribution in [2.24, 2.45) is 0 Å². The van der Waals surface area contributed by atoms with E-state index in [2.05, 4.69) is 169 Å². The summed E-state index contributed by atoms with van der Waals surface area (Å²) in [6.07, 6.45) is 0. The Morgan fingerprint density at radius 2 is 1.00 bits per heavy atom. The fraction of sp³-hybridized carbons (Fsp3) is 0. The highest BCUT2D eigenvalue weighted by molar-refractivity contribution is 6.10. The molecule has 1 aliphatic heterocycles. The quantitative estimate of drug-likeness (QED) is 0.190. The highest BCUT2D eigenvalue weighted by Crippen LogP contribution is 2.50. The molecule has 10 rings (SSSR count). The van der Waals surface area contributed by atoms with E-state index < -0.39 is 0 Å². The zero-order valence-electron chi connectivity index (χ0n) is 26.5. The SMILES string of the molecule is c1ccc(-c2cccc(N(c3ccc4c(c3)Oc3ccc(-c5ccccc5)c5cccc-4c35)c3ccc4c(c3)oc3ccccc34)c2)cc1. The predicted octanol–water partition coefficient (Wildman–Crippen LogP) is 13.3. The van der Waals surface area contributed by atoms with Gasteiger partial charge in [0, 0.05) is 50.9 Å². The van der Waals surface area contributed by atoms with E-state index in [-0.39, 0.29) is 0 Å². The Balaban J connectivity index is 1.14. The second kappa shape index (κ2) is 11.0. The Kier molecular flexibility index (Phi) is 6.18. The third-order valence-corrected chi connectivity index (χ3v) is 9.65. The Hall–Kier alpha value is -6.58. The van der Waals surface area contributed by atoms with Crippen LogP contribution in [0.2, 0.25) is 0 Å². The molecule has 3 nitrogen and oxygen atoms in total. The second-order valence-corrected chi connectivity index (χ2v) is 12.5. The summed E-state index contributed by atoms with van der Waals surface area (Å²) in [7, 11) is 0. The first-order valence-electron chi connectivity index (χ1n) is 16.6. The van der Waals surface area contributed by atoms with Gasteiger partial charge in [0.1, 0.15) is 22.7 Å². The van der Waals surface area contributed by atoms with Crippen molar-refractivity contribution in [3.05, 3.63) is 176 Å². The van der Waals surface area contributed by atoms with Gasteiger partial charge in [-0.3, -0.25) is 0 Å². The fourth-order valence-electron chi connectivity index (χ4n) is 7.38. The third-order valence-electron chi connectivity index (χ3n) is 9.65. The number of nitrogens with zero attached hydrogens (tertiary/aromatic N) is 1. The molecule has 0 fully saturated rings. The summed E-state index contributed by atoms with van der Waals surface area (Å²) in [4.78, 5) is 2.29. The van der Waals surface area contributed by atoms with E-state index in [9.17, 15) is 0 Å². The normalized spacial score (nSPS) is 11.8. The number of hydrogen-bond donors (Lipinski definition) is 0. The van der Waals surface area contributed by atoms with Gasteiger partial charge in [-0.05, 0) is 81.7 Å². The maximum absolute atomic E-state index is 6.76. The molecule has 0 atom stereocenters. The van der Waals surface area contributed by atoms with Crippen LogP contribution in [0.25, 0.3) is 66.1 Å². The van der Waals surface area contributed by atoms with Gasteiger partial charge in [-0.25, -0.2) is 0 Å². The van der Waals surface area contributed by atoms with Crippen LogP contribution < -0.4 is 9.64 Å². The van der Waals surface area contributed by atoms with Crippen LogP contribution in [0.15, 0.2) is 180 Å². The maximum Gasteiger partial charge on any atom is 0.137 e. The molecule has 230 valence electrons. The molecule has 49 heavy (non-hydrogen) atoms. The number of anilines is 3. The highest BCUT2D eigenvalue weighted by atomic mass is 16.5. The Morgan fingerprint density at radius 3 is 1.88 bits per heavy atom. The number of benzene rings is 8. The number of furan rings is 1. The molecular formula is C46H29NO2. The van der Waals surface area contributed by atoms with Crippen molar-refractivity contribution in [3.8, 4) is 44.9 Å². The molecule has 8 aromatic carbocycles. The number of fused-ring (bicyclic) bond motifs is 5. The number of hydrogen-bond acceptors (Lipinski definition) is 3. The molecule has 1 aliphatic rings. The lowest BCUT2D eigenvalue weighted by Gasteiger charge is -2.28. The van der Waals surface area contributed by atoms with E-state index >= 15 is 0 Å². The van der Waals surface area contributed by atoms with Crippen molar-refractivity contribution < 1.29 is 9.15 Å². The lowest BCUT2D eigenvalue weighted by Crippen LogP contribution is -2.10. The summed E-state index contributed by atoms with van der Waals surface area (Å²) in [6, 6.07) is 61.9. The minimum absolute atomic E-state index is 0.832. The lowest BCUT2D eigenvalue weighted by molar-refractivity contribution is 0.487. The van der Waals surface area contributed by atoms with Gasteiger partial charge in [-0.2, -0.15) is 0 Å². The van der Waals surface area contributed by atoms with E-state index in [1.54, 1.807) is 0 Å². The summed E-state index contributed by atoms with van der Waals surface area (Å²) in [6.45, 7) is 0. The minimum Gasteiger partial charge on any atom is -0.456 e. The molecular weight excluding hydrogens is 599 g/mol. The van der Waals surface area contributed by atoms with Crippen LogP contribution in [0.5, 0.6) is 11.5 Å². The van der Waals surface area contributed by atoms with Crippen LogP contribution in [0, 0.1) is 0 Å². The van der Waals surface area contributed by atoms with Crippen LogP contribution in [0.3, 0.4) is 0 Å². The van der Waals surface area contributed by atoms with Gasteiger partial charge in [0.2, 0.25) is 0 Å². The van der Waals surface area contributed by atoms with Gasteiger partial charge in [0.15, 0.2) is 0 Å². The standard InChI is InChI=1S/C46H29NO2/c1-3-11-30(12-4-1)32-15-9-16-33(27-32)47(34-21-23-38-37-17-7-8-20-42(37)48-44(38)28-34)35-22-24-39-41-19-10-18-40-36(31-13-5-2-6-14-31)25-26-43(46(40)41)49-45(39)29-35/h1-29H. The first-order valence-corrected chi connectivity index (χ1v) is 16.6. The molecule has 0 aliphatic carbocycles. The summed E-state index contributed by atoms with van der Waals surface area (Å²) < 4.78 is 13.1. The minimum atomic E-state index is 0.832. The van der Waals surface area contributed by atoms with Crippen molar-refractivity contribution in [1.29, 1.82) is 0 Å². The van der Waals surface area contributed by atoms with Crippen LogP contribution in [-0.2, 0) is 0 Å². The first kappa shape index (κ1) is 27.5. The van der Waals surface area contributed by atoms with Gasteiger partial charge in [-0.1, -0.05) is 115 Å². The fourth-order valence-corrected chi connectivity index (χ4v) is 7.38. The van der Waals surface area contributed by atoms with E-state index in [4.69, 9.17) is 9.15 Å². The molecule has 0 saturated heterocycles. The van der Waals surface area contributed by atoms with Crippen LogP contribution in [0.1, 0.15) is 0 Å². The third kappa shape index (κ3) is 4.51. The average molecular weight is 628 g/mol. The zero-order chi connectivity index (χ0) is 32.3. The number of rotatable bonds is 5. The maximum atomic E-state index is 6.76. The van der Waals surface area contributed by atoms with Crippen LogP contribution in [-0.4, -0.2) is 0 Å². The molecule has 0 amide bonds. The van der Waals surface area contributed by atoms with E-state index in [1.165, 1.54) is 27.6 Å². The van der Waals surface area contributed by atoms with Crippen molar-refractivity contribution in [2.75, 3.05) is 4.90 Å². The molecule has 1 aromatic heterocycles. The number of para-hydroxylation sites is 1. The predicted molar refractivity (Wildman–Crippen MR) is 202 cm³/mol. The Bertz CT molecular complexity index is 2690. The topological polar surface area (TPSA) is 25.6 Å². The highest BCUT2D eigenvalue weighted by Gasteiger charge is 2.24. The summed E-state index contributed by atoms with van der Waals surface area (Å²) >= 11 is 0. The first-order chi connectivity index (χ1) is 24.3. The Labute approximate surface area is 283 Å². The molecule has 9 aromatic rings. The van der Waals surface area contributed by atoms with Crippen LogP contribution in [0.4, 0.5) is 17.1 Å². The van der Waals surface area contributed by atoms with Gasteiger partial charge in [0.25, 0.3) is 0 Å². The second-order valence-electron chi connectivity index (χ2n) is 12.5. The van der Waals surface area contributed by atoms with Crippen molar-refractivity contribution >= 4 is 49.8 Å². The summed E-state index contributed by atoms with van der Waals surface area (Å²) in [5.74, 6) is 1.70.